The van der Waals surface area contributed by atoms with Gasteiger partial charge in [0.25, 0.3) is 11.5 Å². The van der Waals surface area contributed by atoms with Crippen molar-refractivity contribution in [2.75, 3.05) is 10.6 Å². The molecule has 0 spiro atoms. The highest BCUT2D eigenvalue weighted by Gasteiger charge is 2.20. The number of fused-ring (bicyclic) bond motifs is 1. The Morgan fingerprint density at radius 2 is 1.93 bits per heavy atom. The Hall–Kier alpha value is -3.27. The third-order valence-electron chi connectivity index (χ3n) is 4.08. The molecule has 0 aliphatic rings. The van der Waals surface area contributed by atoms with Crippen LogP contribution in [0.1, 0.15) is 36.0 Å². The number of halogens is 1. The van der Waals surface area contributed by atoms with Gasteiger partial charge in [-0.2, -0.15) is 0 Å². The maximum atomic E-state index is 14.1. The molecular formula is C20H21FN4O4S. The zero-order chi connectivity index (χ0) is 22.2. The van der Waals surface area contributed by atoms with Crippen LogP contribution >= 0.6 is 11.3 Å². The SMILES string of the molecule is Cc1c(C(=O)Nc2ccc(F)c(NC(=O)OC(C)(C)C)c2)sc2ncn(C)c(=O)c12. The molecule has 0 saturated heterocycles. The molecule has 8 nitrogen and oxygen atoms in total. The molecule has 10 heteroatoms. The number of thiophene rings is 1. The third-order valence-corrected chi connectivity index (χ3v) is 5.28. The number of carbonyl (C=O) groups excluding carboxylic acids is 2. The number of carbonyl (C=O) groups is 2. The first-order valence-electron chi connectivity index (χ1n) is 9.02. The fourth-order valence-corrected chi connectivity index (χ4v) is 3.76. The minimum Gasteiger partial charge on any atom is -0.444 e. The van der Waals surface area contributed by atoms with Crippen molar-refractivity contribution in [1.82, 2.24) is 9.55 Å². The molecule has 0 fully saturated rings. The summed E-state index contributed by atoms with van der Waals surface area (Å²) in [6.07, 6.45) is 0.587. The quantitative estimate of drug-likeness (QED) is 0.650. The fourth-order valence-electron chi connectivity index (χ4n) is 2.73. The van der Waals surface area contributed by atoms with E-state index in [9.17, 15) is 18.8 Å². The number of nitrogens with one attached hydrogen (secondary N) is 2. The monoisotopic (exact) mass is 432 g/mol. The maximum absolute atomic E-state index is 14.1. The van der Waals surface area contributed by atoms with E-state index in [1.165, 1.54) is 23.0 Å². The molecule has 0 bridgehead atoms. The number of rotatable bonds is 3. The summed E-state index contributed by atoms with van der Waals surface area (Å²) < 4.78 is 20.5. The van der Waals surface area contributed by atoms with Gasteiger partial charge < -0.3 is 14.6 Å². The zero-order valence-electron chi connectivity index (χ0n) is 17.1. The number of ether oxygens (including phenoxy) is 1. The molecule has 0 atom stereocenters. The minimum absolute atomic E-state index is 0.134. The molecule has 0 aliphatic heterocycles. The van der Waals surface area contributed by atoms with E-state index in [0.717, 1.165) is 17.4 Å². The molecule has 158 valence electrons. The normalized spacial score (nSPS) is 11.4. The van der Waals surface area contributed by atoms with Gasteiger partial charge in [0.05, 0.1) is 22.3 Å². The van der Waals surface area contributed by atoms with Crippen LogP contribution in [0.5, 0.6) is 0 Å². The first kappa shape index (κ1) is 21.4. The van der Waals surface area contributed by atoms with Crippen LogP contribution < -0.4 is 16.2 Å². The Morgan fingerprint density at radius 1 is 1.23 bits per heavy atom. The van der Waals surface area contributed by atoms with Crippen LogP contribution in [0.15, 0.2) is 29.3 Å². The van der Waals surface area contributed by atoms with Gasteiger partial charge in [0.2, 0.25) is 0 Å². The minimum atomic E-state index is -0.813. The molecule has 2 N–H and O–H groups in total. The molecule has 30 heavy (non-hydrogen) atoms. The summed E-state index contributed by atoms with van der Waals surface area (Å²) in [5, 5.41) is 5.38. The largest absolute Gasteiger partial charge is 0.444 e. The highest BCUT2D eigenvalue weighted by atomic mass is 32.1. The third kappa shape index (κ3) is 4.48. The van der Waals surface area contributed by atoms with E-state index < -0.39 is 23.4 Å². The van der Waals surface area contributed by atoms with Crippen molar-refractivity contribution in [3.8, 4) is 0 Å². The van der Waals surface area contributed by atoms with Crippen LogP contribution in [0.25, 0.3) is 10.2 Å². The van der Waals surface area contributed by atoms with Gasteiger partial charge in [-0.3, -0.25) is 14.9 Å². The molecule has 2 heterocycles. The first-order valence-corrected chi connectivity index (χ1v) is 9.83. The molecule has 2 aromatic heterocycles. The van der Waals surface area contributed by atoms with Crippen molar-refractivity contribution in [2.45, 2.75) is 33.3 Å². The van der Waals surface area contributed by atoms with Gasteiger partial charge in [-0.25, -0.2) is 14.2 Å². The van der Waals surface area contributed by atoms with Crippen molar-refractivity contribution < 1.29 is 18.7 Å². The van der Waals surface area contributed by atoms with Crippen LogP contribution in [0.3, 0.4) is 0 Å². The molecule has 1 aromatic carbocycles. The zero-order valence-corrected chi connectivity index (χ0v) is 17.9. The van der Waals surface area contributed by atoms with Gasteiger partial charge >= 0.3 is 6.09 Å². The average Bonchev–Trinajstić information content (AvgIpc) is 2.97. The van der Waals surface area contributed by atoms with Gasteiger partial charge in [-0.15, -0.1) is 11.3 Å². The van der Waals surface area contributed by atoms with Crippen molar-refractivity contribution >= 4 is 44.9 Å². The predicted molar refractivity (Wildman–Crippen MR) is 114 cm³/mol. The Labute approximate surface area is 175 Å². The average molecular weight is 432 g/mol. The van der Waals surface area contributed by atoms with E-state index in [4.69, 9.17) is 4.74 Å². The van der Waals surface area contributed by atoms with Crippen LogP contribution in [0.2, 0.25) is 0 Å². The van der Waals surface area contributed by atoms with Crippen molar-refractivity contribution in [3.05, 3.63) is 51.1 Å². The van der Waals surface area contributed by atoms with Gasteiger partial charge in [0.15, 0.2) is 0 Å². The number of anilines is 2. The summed E-state index contributed by atoms with van der Waals surface area (Å²) in [4.78, 5) is 42.0. The Kier molecular flexibility index (Phi) is 5.62. The van der Waals surface area contributed by atoms with Gasteiger partial charge in [0, 0.05) is 12.7 Å². The lowest BCUT2D eigenvalue weighted by molar-refractivity contribution is 0.0635. The lowest BCUT2D eigenvalue weighted by Gasteiger charge is -2.20. The number of hydrogen-bond donors (Lipinski definition) is 2. The second kappa shape index (κ2) is 7.86. The van der Waals surface area contributed by atoms with E-state index in [0.29, 0.717) is 20.7 Å². The predicted octanol–water partition coefficient (Wildman–Crippen LogP) is 4.04. The highest BCUT2D eigenvalue weighted by Crippen LogP contribution is 2.28. The smallest absolute Gasteiger partial charge is 0.412 e. The van der Waals surface area contributed by atoms with E-state index in [1.807, 2.05) is 0 Å². The first-order chi connectivity index (χ1) is 14.0. The Morgan fingerprint density at radius 3 is 2.60 bits per heavy atom. The van der Waals surface area contributed by atoms with Crippen LogP contribution in [0.4, 0.5) is 20.6 Å². The lowest BCUT2D eigenvalue weighted by Crippen LogP contribution is -2.27. The number of nitrogens with zero attached hydrogens (tertiary/aromatic N) is 2. The van der Waals surface area contributed by atoms with E-state index in [2.05, 4.69) is 15.6 Å². The van der Waals surface area contributed by atoms with Crippen molar-refractivity contribution in [3.63, 3.8) is 0 Å². The van der Waals surface area contributed by atoms with Crippen molar-refractivity contribution in [1.29, 1.82) is 0 Å². The number of aryl methyl sites for hydroxylation is 2. The summed E-state index contributed by atoms with van der Waals surface area (Å²) in [6, 6.07) is 3.78. The van der Waals surface area contributed by atoms with Gasteiger partial charge in [-0.1, -0.05) is 0 Å². The van der Waals surface area contributed by atoms with E-state index in [1.54, 1.807) is 34.7 Å². The topological polar surface area (TPSA) is 102 Å². The summed E-state index contributed by atoms with van der Waals surface area (Å²) in [5.41, 5.74) is -0.319. The molecule has 0 unspecified atom stereocenters. The summed E-state index contributed by atoms with van der Waals surface area (Å²) >= 11 is 1.10. The number of amides is 2. The summed E-state index contributed by atoms with van der Waals surface area (Å²) in [6.45, 7) is 6.75. The Bertz CT molecular complexity index is 1210. The lowest BCUT2D eigenvalue weighted by atomic mass is 10.2. The fraction of sp³-hybridized carbons (Fsp3) is 0.300. The van der Waals surface area contributed by atoms with Crippen LogP contribution in [-0.2, 0) is 11.8 Å². The number of aromatic nitrogens is 2. The summed E-state index contributed by atoms with van der Waals surface area (Å²) in [5.74, 6) is -1.14. The van der Waals surface area contributed by atoms with Crippen LogP contribution in [0, 0.1) is 12.7 Å². The van der Waals surface area contributed by atoms with E-state index >= 15 is 0 Å². The number of hydrogen-bond acceptors (Lipinski definition) is 6. The van der Waals surface area contributed by atoms with Crippen molar-refractivity contribution in [2.24, 2.45) is 7.05 Å². The van der Waals surface area contributed by atoms with Gasteiger partial charge in [0.1, 0.15) is 16.2 Å². The Balaban J connectivity index is 1.85. The molecule has 3 rings (SSSR count). The molecule has 0 saturated carbocycles. The highest BCUT2D eigenvalue weighted by molar-refractivity contribution is 7.20. The number of benzene rings is 1. The second-order valence-electron chi connectivity index (χ2n) is 7.67. The molecular weight excluding hydrogens is 411 g/mol. The van der Waals surface area contributed by atoms with Crippen LogP contribution in [-0.4, -0.2) is 27.2 Å². The molecule has 0 aliphatic carbocycles. The standard InChI is InChI=1S/C20H21FN4O4S/c1-10-14-17(22-9-25(5)18(14)27)30-15(10)16(26)23-11-6-7-12(21)13(8-11)24-19(28)29-20(2,3)4/h6-9H,1-5H3,(H,23,26)(H,24,28). The second-order valence-corrected chi connectivity index (χ2v) is 8.67. The van der Waals surface area contributed by atoms with Gasteiger partial charge in [-0.05, 0) is 51.5 Å². The molecule has 2 amide bonds. The maximum Gasteiger partial charge on any atom is 0.412 e. The molecule has 3 aromatic rings. The molecule has 0 radical (unpaired) electrons. The van der Waals surface area contributed by atoms with E-state index in [-0.39, 0.29) is 16.9 Å². The summed E-state index contributed by atoms with van der Waals surface area (Å²) in [7, 11) is 1.59.